The van der Waals surface area contributed by atoms with Crippen LogP contribution in [0, 0.1) is 0 Å². The van der Waals surface area contributed by atoms with Crippen LogP contribution in [0.3, 0.4) is 0 Å². The number of hydrazine groups is 1. The highest BCUT2D eigenvalue weighted by Crippen LogP contribution is 2.18. The molecule has 4 N–H and O–H groups in total. The molecule has 0 unspecified atom stereocenters. The summed E-state index contributed by atoms with van der Waals surface area (Å²) >= 11 is 8.18. The van der Waals surface area contributed by atoms with Gasteiger partial charge in [0.15, 0.2) is 0 Å². The van der Waals surface area contributed by atoms with E-state index in [9.17, 15) is 4.79 Å². The lowest BCUT2D eigenvalue weighted by Crippen LogP contribution is -2.28. The van der Waals surface area contributed by atoms with E-state index < -0.39 is 0 Å². The molecule has 0 atom stereocenters. The van der Waals surface area contributed by atoms with E-state index in [1.54, 1.807) is 11.8 Å². The minimum absolute atomic E-state index is 0.0823. The molecule has 0 saturated carbocycles. The highest BCUT2D eigenvalue weighted by molar-refractivity contribution is 7.99. The number of hydrogen-bond donors (Lipinski definition) is 3. The molecule has 2 aromatic rings. The minimum Gasteiger partial charge on any atom is -0.318 e. The molecule has 1 aromatic heterocycles. The number of carbonyl (C=O) groups is 1. The summed E-state index contributed by atoms with van der Waals surface area (Å²) in [4.78, 5) is 12.6. The van der Waals surface area contributed by atoms with E-state index in [0.717, 1.165) is 34.9 Å². The zero-order chi connectivity index (χ0) is 17.2. The highest BCUT2D eigenvalue weighted by Gasteiger charge is 2.09. The third-order valence-electron chi connectivity index (χ3n) is 3.02. The quantitative estimate of drug-likeness (QED) is 0.265. The Hall–Kier alpha value is -1.55. The molecule has 0 aliphatic heterocycles. The number of amides is 1. The fourth-order valence-electron chi connectivity index (χ4n) is 1.85. The summed E-state index contributed by atoms with van der Waals surface area (Å²) in [6.45, 7) is 0. The third-order valence-corrected chi connectivity index (χ3v) is 5.22. The van der Waals surface area contributed by atoms with Gasteiger partial charge in [-0.3, -0.25) is 10.6 Å². The van der Waals surface area contributed by atoms with Crippen molar-refractivity contribution in [2.24, 2.45) is 5.84 Å². The van der Waals surface area contributed by atoms with Gasteiger partial charge in [-0.1, -0.05) is 53.9 Å². The standard InChI is InChI=1S/C15H19N5OS3/c16-18-13(22)6-8-23-9-7-14-19-20-15(24-14)17-12(21)10-11-4-2-1-3-5-11/h1-5H,6-10,16H2,(H,18,22)(H,17,20,21). The molecule has 1 aromatic carbocycles. The molecule has 0 fully saturated rings. The van der Waals surface area contributed by atoms with Crippen molar-refractivity contribution < 1.29 is 4.79 Å². The Morgan fingerprint density at radius 2 is 2.04 bits per heavy atom. The van der Waals surface area contributed by atoms with Crippen LogP contribution in [0.4, 0.5) is 5.13 Å². The zero-order valence-electron chi connectivity index (χ0n) is 13.0. The molecule has 0 aliphatic carbocycles. The molecule has 2 rings (SSSR count). The van der Waals surface area contributed by atoms with Crippen LogP contribution >= 0.6 is 35.3 Å². The Kier molecular flexibility index (Phi) is 8.10. The number of nitrogens with two attached hydrogens (primary N) is 1. The van der Waals surface area contributed by atoms with Crippen LogP contribution < -0.4 is 16.6 Å². The van der Waals surface area contributed by atoms with E-state index in [4.69, 9.17) is 18.1 Å². The second-order valence-electron chi connectivity index (χ2n) is 4.89. The Balaban J connectivity index is 1.69. The molecule has 6 nitrogen and oxygen atoms in total. The number of thiocarbonyl (C=S) groups is 1. The molecular formula is C15H19N5OS3. The predicted molar refractivity (Wildman–Crippen MR) is 104 cm³/mol. The summed E-state index contributed by atoms with van der Waals surface area (Å²) in [5, 5.41) is 12.4. The molecule has 1 heterocycles. The first-order valence-corrected chi connectivity index (χ1v) is 9.78. The number of nitrogens with zero attached hydrogens (tertiary/aromatic N) is 2. The molecule has 0 saturated heterocycles. The number of hydrogen-bond acceptors (Lipinski definition) is 7. The lowest BCUT2D eigenvalue weighted by molar-refractivity contribution is -0.115. The molecule has 1 amide bonds. The van der Waals surface area contributed by atoms with Crippen molar-refractivity contribution in [1.29, 1.82) is 0 Å². The van der Waals surface area contributed by atoms with Gasteiger partial charge in [0, 0.05) is 12.8 Å². The van der Waals surface area contributed by atoms with Crippen molar-refractivity contribution in [3.05, 3.63) is 40.9 Å². The first kappa shape index (κ1) is 18.8. The van der Waals surface area contributed by atoms with Crippen molar-refractivity contribution in [3.8, 4) is 0 Å². The van der Waals surface area contributed by atoms with E-state index in [1.807, 2.05) is 30.3 Å². The van der Waals surface area contributed by atoms with Crippen LogP contribution in [0.2, 0.25) is 0 Å². The minimum atomic E-state index is -0.0823. The van der Waals surface area contributed by atoms with E-state index in [1.165, 1.54) is 11.3 Å². The number of nitrogens with one attached hydrogen (secondary N) is 2. The number of thioether (sulfide) groups is 1. The first-order chi connectivity index (χ1) is 11.7. The monoisotopic (exact) mass is 381 g/mol. The Morgan fingerprint density at radius 3 is 2.79 bits per heavy atom. The van der Waals surface area contributed by atoms with Gasteiger partial charge in [-0.2, -0.15) is 11.8 Å². The molecule has 0 spiro atoms. The van der Waals surface area contributed by atoms with Crippen LogP contribution in [0.1, 0.15) is 17.0 Å². The number of aryl methyl sites for hydroxylation is 1. The van der Waals surface area contributed by atoms with E-state index in [-0.39, 0.29) is 5.91 Å². The number of anilines is 1. The predicted octanol–water partition coefficient (Wildman–Crippen LogP) is 2.18. The molecule has 0 aliphatic rings. The van der Waals surface area contributed by atoms with E-state index >= 15 is 0 Å². The molecule has 0 bridgehead atoms. The van der Waals surface area contributed by atoms with Crippen molar-refractivity contribution in [2.75, 3.05) is 16.8 Å². The van der Waals surface area contributed by atoms with E-state index in [0.29, 0.717) is 16.5 Å². The summed E-state index contributed by atoms with van der Waals surface area (Å²) in [6.07, 6.45) is 1.92. The van der Waals surface area contributed by atoms with Gasteiger partial charge in [0.05, 0.1) is 11.4 Å². The fourth-order valence-corrected chi connectivity index (χ4v) is 3.85. The molecule has 0 radical (unpaired) electrons. The van der Waals surface area contributed by atoms with Crippen molar-refractivity contribution >= 4 is 51.3 Å². The maximum absolute atomic E-state index is 12.0. The Labute approximate surface area is 154 Å². The van der Waals surface area contributed by atoms with Gasteiger partial charge in [-0.25, -0.2) is 0 Å². The summed E-state index contributed by atoms with van der Waals surface area (Å²) < 4.78 is 0. The van der Waals surface area contributed by atoms with Crippen LogP contribution in [-0.4, -0.2) is 32.6 Å². The Bertz CT molecular complexity index is 662. The van der Waals surface area contributed by atoms with Gasteiger partial charge in [0.1, 0.15) is 5.01 Å². The van der Waals surface area contributed by atoms with Crippen LogP contribution in [0.5, 0.6) is 0 Å². The van der Waals surface area contributed by atoms with Gasteiger partial charge < -0.3 is 10.7 Å². The summed E-state index contributed by atoms with van der Waals surface area (Å²) in [6, 6.07) is 9.61. The topological polar surface area (TPSA) is 92.9 Å². The van der Waals surface area contributed by atoms with Crippen LogP contribution in [0.15, 0.2) is 30.3 Å². The SMILES string of the molecule is NNC(=S)CCSCCc1nnc(NC(=O)Cc2ccccc2)s1. The van der Waals surface area contributed by atoms with Crippen LogP contribution in [-0.2, 0) is 17.6 Å². The highest BCUT2D eigenvalue weighted by atomic mass is 32.2. The average molecular weight is 382 g/mol. The van der Waals surface area contributed by atoms with Gasteiger partial charge in [-0.05, 0) is 17.1 Å². The number of rotatable bonds is 9. The summed E-state index contributed by atoms with van der Waals surface area (Å²) in [5.41, 5.74) is 3.44. The lowest BCUT2D eigenvalue weighted by atomic mass is 10.1. The second-order valence-corrected chi connectivity index (χ2v) is 7.67. The second kappa shape index (κ2) is 10.3. The summed E-state index contributed by atoms with van der Waals surface area (Å²) in [7, 11) is 0. The van der Waals surface area contributed by atoms with Gasteiger partial charge in [-0.15, -0.1) is 10.2 Å². The molecule has 9 heteroatoms. The lowest BCUT2D eigenvalue weighted by Gasteiger charge is -2.01. The summed E-state index contributed by atoms with van der Waals surface area (Å²) in [5.74, 6) is 6.98. The van der Waals surface area contributed by atoms with Gasteiger partial charge in [0.25, 0.3) is 0 Å². The van der Waals surface area contributed by atoms with Gasteiger partial charge >= 0.3 is 0 Å². The number of aromatic nitrogens is 2. The maximum Gasteiger partial charge on any atom is 0.230 e. The first-order valence-electron chi connectivity index (χ1n) is 7.40. The molecule has 128 valence electrons. The normalized spacial score (nSPS) is 10.4. The number of benzene rings is 1. The van der Waals surface area contributed by atoms with Crippen molar-refractivity contribution in [1.82, 2.24) is 15.6 Å². The van der Waals surface area contributed by atoms with Crippen LogP contribution in [0.25, 0.3) is 0 Å². The third kappa shape index (κ3) is 6.91. The van der Waals surface area contributed by atoms with E-state index in [2.05, 4.69) is 20.9 Å². The van der Waals surface area contributed by atoms with Crippen molar-refractivity contribution in [2.45, 2.75) is 19.3 Å². The van der Waals surface area contributed by atoms with Crippen molar-refractivity contribution in [3.63, 3.8) is 0 Å². The fraction of sp³-hybridized carbons (Fsp3) is 0.333. The largest absolute Gasteiger partial charge is 0.318 e. The maximum atomic E-state index is 12.0. The van der Waals surface area contributed by atoms with Gasteiger partial charge in [0.2, 0.25) is 11.0 Å². The Morgan fingerprint density at radius 1 is 1.25 bits per heavy atom. The zero-order valence-corrected chi connectivity index (χ0v) is 15.5. The molecular weight excluding hydrogens is 362 g/mol. The number of carbonyl (C=O) groups excluding carboxylic acids is 1. The molecule has 24 heavy (non-hydrogen) atoms. The average Bonchev–Trinajstić information content (AvgIpc) is 3.02. The smallest absolute Gasteiger partial charge is 0.230 e.